The molecule has 0 bridgehead atoms. The summed E-state index contributed by atoms with van der Waals surface area (Å²) in [5.74, 6) is 0.594. The van der Waals surface area contributed by atoms with Crippen LogP contribution in [-0.2, 0) is 6.54 Å². The summed E-state index contributed by atoms with van der Waals surface area (Å²) in [4.78, 5) is 6.08. The van der Waals surface area contributed by atoms with E-state index in [1.165, 1.54) is 5.56 Å². The van der Waals surface area contributed by atoms with E-state index in [2.05, 4.69) is 17.1 Å². The van der Waals surface area contributed by atoms with Gasteiger partial charge in [-0.1, -0.05) is 30.3 Å². The van der Waals surface area contributed by atoms with Crippen LogP contribution in [0.25, 0.3) is 0 Å². The Labute approximate surface area is 85.3 Å². The third kappa shape index (κ3) is 3.09. The molecule has 0 unspecified atom stereocenters. The standard InChI is InChI=1S/C11H17N3/c1-3-13-11(12)14(2)9-10-7-5-4-6-8-10/h4-8H,3,9H2,1-2H3,(H2,12,13). The average molecular weight is 191 g/mol. The molecule has 1 aromatic carbocycles. The number of hydrogen-bond acceptors (Lipinski definition) is 1. The van der Waals surface area contributed by atoms with Crippen LogP contribution in [0.4, 0.5) is 0 Å². The Morgan fingerprint density at radius 2 is 2.00 bits per heavy atom. The molecule has 76 valence electrons. The molecule has 0 aliphatic carbocycles. The summed E-state index contributed by atoms with van der Waals surface area (Å²) in [6.45, 7) is 3.50. The summed E-state index contributed by atoms with van der Waals surface area (Å²) < 4.78 is 0. The molecule has 0 aliphatic rings. The Morgan fingerprint density at radius 3 is 2.57 bits per heavy atom. The first-order chi connectivity index (χ1) is 6.74. The number of rotatable bonds is 3. The molecule has 3 heteroatoms. The minimum Gasteiger partial charge on any atom is -0.370 e. The number of guanidine groups is 1. The molecule has 14 heavy (non-hydrogen) atoms. The zero-order valence-electron chi connectivity index (χ0n) is 8.77. The highest BCUT2D eigenvalue weighted by Gasteiger charge is 2.01. The van der Waals surface area contributed by atoms with Crippen molar-refractivity contribution < 1.29 is 0 Å². The topological polar surface area (TPSA) is 41.6 Å². The number of nitrogens with zero attached hydrogens (tertiary/aromatic N) is 2. The minimum absolute atomic E-state index is 0.594. The van der Waals surface area contributed by atoms with E-state index in [4.69, 9.17) is 5.73 Å². The van der Waals surface area contributed by atoms with Crippen molar-refractivity contribution in [2.45, 2.75) is 13.5 Å². The zero-order valence-corrected chi connectivity index (χ0v) is 8.77. The number of hydrogen-bond donors (Lipinski definition) is 1. The third-order valence-corrected chi connectivity index (χ3v) is 1.97. The maximum absolute atomic E-state index is 5.75. The van der Waals surface area contributed by atoms with E-state index in [9.17, 15) is 0 Å². The second-order valence-corrected chi connectivity index (χ2v) is 3.17. The molecule has 1 rings (SSSR count). The lowest BCUT2D eigenvalue weighted by Crippen LogP contribution is -2.33. The van der Waals surface area contributed by atoms with Gasteiger partial charge in [-0.15, -0.1) is 0 Å². The van der Waals surface area contributed by atoms with Gasteiger partial charge in [-0.2, -0.15) is 0 Å². The van der Waals surface area contributed by atoms with Crippen LogP contribution in [0.1, 0.15) is 12.5 Å². The van der Waals surface area contributed by atoms with Crippen molar-refractivity contribution in [3.63, 3.8) is 0 Å². The summed E-state index contributed by atoms with van der Waals surface area (Å²) in [6, 6.07) is 10.2. The fraction of sp³-hybridized carbons (Fsp3) is 0.364. The van der Waals surface area contributed by atoms with Crippen LogP contribution in [0, 0.1) is 0 Å². The van der Waals surface area contributed by atoms with Crippen LogP contribution in [0.2, 0.25) is 0 Å². The lowest BCUT2D eigenvalue weighted by molar-refractivity contribution is 0.492. The van der Waals surface area contributed by atoms with Crippen LogP contribution in [0.3, 0.4) is 0 Å². The van der Waals surface area contributed by atoms with Gasteiger partial charge in [-0.05, 0) is 12.5 Å². The summed E-state index contributed by atoms with van der Waals surface area (Å²) in [5.41, 5.74) is 6.99. The first-order valence-corrected chi connectivity index (χ1v) is 4.79. The molecule has 0 fully saturated rings. The van der Waals surface area contributed by atoms with E-state index in [0.29, 0.717) is 5.96 Å². The van der Waals surface area contributed by atoms with Gasteiger partial charge in [0.05, 0.1) is 0 Å². The SMILES string of the molecule is CCN=C(N)N(C)Cc1ccccc1. The largest absolute Gasteiger partial charge is 0.370 e. The molecule has 0 amide bonds. The van der Waals surface area contributed by atoms with Crippen molar-refractivity contribution in [3.05, 3.63) is 35.9 Å². The van der Waals surface area contributed by atoms with Crippen LogP contribution >= 0.6 is 0 Å². The monoisotopic (exact) mass is 191 g/mol. The number of benzene rings is 1. The van der Waals surface area contributed by atoms with Crippen molar-refractivity contribution in [1.29, 1.82) is 0 Å². The highest BCUT2D eigenvalue weighted by molar-refractivity contribution is 5.77. The Morgan fingerprint density at radius 1 is 1.36 bits per heavy atom. The fourth-order valence-corrected chi connectivity index (χ4v) is 1.22. The van der Waals surface area contributed by atoms with Gasteiger partial charge in [0, 0.05) is 20.1 Å². The maximum Gasteiger partial charge on any atom is 0.191 e. The smallest absolute Gasteiger partial charge is 0.191 e. The van der Waals surface area contributed by atoms with Crippen LogP contribution in [0.5, 0.6) is 0 Å². The second kappa shape index (κ2) is 5.27. The van der Waals surface area contributed by atoms with Gasteiger partial charge in [0.2, 0.25) is 0 Å². The highest BCUT2D eigenvalue weighted by atomic mass is 15.2. The Hall–Kier alpha value is -1.51. The van der Waals surface area contributed by atoms with Crippen molar-refractivity contribution in [3.8, 4) is 0 Å². The Balaban J connectivity index is 2.57. The van der Waals surface area contributed by atoms with Gasteiger partial charge in [0.25, 0.3) is 0 Å². The van der Waals surface area contributed by atoms with Crippen LogP contribution < -0.4 is 5.73 Å². The normalized spacial score (nSPS) is 11.4. The zero-order chi connectivity index (χ0) is 10.4. The number of aliphatic imine (C=N–C) groups is 1. The van der Waals surface area contributed by atoms with Crippen LogP contribution in [-0.4, -0.2) is 24.5 Å². The van der Waals surface area contributed by atoms with E-state index < -0.39 is 0 Å². The molecule has 0 heterocycles. The van der Waals surface area contributed by atoms with Gasteiger partial charge >= 0.3 is 0 Å². The minimum atomic E-state index is 0.594. The van der Waals surface area contributed by atoms with Crippen LogP contribution in [0.15, 0.2) is 35.3 Å². The molecule has 2 N–H and O–H groups in total. The highest BCUT2D eigenvalue weighted by Crippen LogP contribution is 2.01. The molecule has 0 spiro atoms. The van der Waals surface area contributed by atoms with E-state index >= 15 is 0 Å². The lowest BCUT2D eigenvalue weighted by Gasteiger charge is -2.17. The van der Waals surface area contributed by atoms with Gasteiger partial charge < -0.3 is 10.6 Å². The summed E-state index contributed by atoms with van der Waals surface area (Å²) in [5, 5.41) is 0. The predicted molar refractivity (Wildman–Crippen MR) is 60.1 cm³/mol. The lowest BCUT2D eigenvalue weighted by atomic mass is 10.2. The van der Waals surface area contributed by atoms with E-state index in [1.54, 1.807) is 0 Å². The van der Waals surface area contributed by atoms with E-state index in [0.717, 1.165) is 13.1 Å². The first-order valence-electron chi connectivity index (χ1n) is 4.79. The van der Waals surface area contributed by atoms with E-state index in [-0.39, 0.29) is 0 Å². The number of nitrogens with two attached hydrogens (primary N) is 1. The quantitative estimate of drug-likeness (QED) is 0.580. The molecule has 0 radical (unpaired) electrons. The fourth-order valence-electron chi connectivity index (χ4n) is 1.22. The molecular weight excluding hydrogens is 174 g/mol. The average Bonchev–Trinajstić information content (AvgIpc) is 2.19. The van der Waals surface area contributed by atoms with Crippen molar-refractivity contribution in [2.75, 3.05) is 13.6 Å². The van der Waals surface area contributed by atoms with Gasteiger partial charge in [0.15, 0.2) is 5.96 Å². The van der Waals surface area contributed by atoms with Gasteiger partial charge in [-0.3, -0.25) is 4.99 Å². The third-order valence-electron chi connectivity index (χ3n) is 1.97. The predicted octanol–water partition coefficient (Wildman–Crippen LogP) is 1.45. The summed E-state index contributed by atoms with van der Waals surface area (Å²) >= 11 is 0. The van der Waals surface area contributed by atoms with E-state index in [1.807, 2.05) is 37.1 Å². The molecule has 0 saturated heterocycles. The first kappa shape index (κ1) is 10.6. The summed E-state index contributed by atoms with van der Waals surface area (Å²) in [7, 11) is 1.95. The molecule has 3 nitrogen and oxygen atoms in total. The van der Waals surface area contributed by atoms with Gasteiger partial charge in [0.1, 0.15) is 0 Å². The molecule has 0 aliphatic heterocycles. The molecular formula is C11H17N3. The second-order valence-electron chi connectivity index (χ2n) is 3.17. The van der Waals surface area contributed by atoms with Gasteiger partial charge in [-0.25, -0.2) is 0 Å². The van der Waals surface area contributed by atoms with Crippen molar-refractivity contribution in [1.82, 2.24) is 4.90 Å². The summed E-state index contributed by atoms with van der Waals surface area (Å²) in [6.07, 6.45) is 0. The van der Waals surface area contributed by atoms with Crippen molar-refractivity contribution in [2.24, 2.45) is 10.7 Å². The Bertz CT molecular complexity index is 293. The maximum atomic E-state index is 5.75. The molecule has 0 saturated carbocycles. The van der Waals surface area contributed by atoms with Crippen molar-refractivity contribution >= 4 is 5.96 Å². The molecule has 0 aromatic heterocycles. The molecule has 0 atom stereocenters. The molecule has 1 aromatic rings. The Kier molecular flexibility index (Phi) is 3.98.